The second-order valence-electron chi connectivity index (χ2n) is 5.26. The second-order valence-corrected chi connectivity index (χ2v) is 5.63. The summed E-state index contributed by atoms with van der Waals surface area (Å²) in [6.07, 6.45) is 7.21. The summed E-state index contributed by atoms with van der Waals surface area (Å²) in [5.74, 6) is 1.22. The molecule has 1 heterocycles. The van der Waals surface area contributed by atoms with Crippen molar-refractivity contribution < 1.29 is 9.59 Å². The topological polar surface area (TPSA) is 49.4 Å². The lowest BCUT2D eigenvalue weighted by molar-refractivity contribution is -0.132. The molecule has 1 saturated carbocycles. The molecule has 0 atom stereocenters. The van der Waals surface area contributed by atoms with Crippen LogP contribution >= 0.6 is 12.6 Å². The molecule has 2 aliphatic rings. The van der Waals surface area contributed by atoms with Gasteiger partial charge in [0.2, 0.25) is 0 Å². The van der Waals surface area contributed by atoms with Gasteiger partial charge in [-0.05, 0) is 31.6 Å². The molecular weight excluding hydrogens is 248 g/mol. The zero-order valence-corrected chi connectivity index (χ0v) is 11.6. The van der Waals surface area contributed by atoms with E-state index >= 15 is 0 Å². The molecule has 5 heteroatoms. The van der Waals surface area contributed by atoms with Crippen molar-refractivity contribution in [3.05, 3.63) is 12.2 Å². The average Bonchev–Trinajstić information content (AvgIpc) is 2.58. The van der Waals surface area contributed by atoms with Crippen LogP contribution in [0.3, 0.4) is 0 Å². The fraction of sp³-hybridized carbons (Fsp3) is 0.692. The number of imide groups is 1. The van der Waals surface area contributed by atoms with Crippen LogP contribution in [-0.4, -0.2) is 34.7 Å². The highest BCUT2D eigenvalue weighted by atomic mass is 32.1. The van der Waals surface area contributed by atoms with Gasteiger partial charge in [0, 0.05) is 12.3 Å². The number of hydrogen-bond donors (Lipinski definition) is 2. The van der Waals surface area contributed by atoms with E-state index in [0.717, 1.165) is 25.7 Å². The maximum Gasteiger partial charge on any atom is 0.325 e. The van der Waals surface area contributed by atoms with Crippen molar-refractivity contribution in [3.63, 3.8) is 0 Å². The van der Waals surface area contributed by atoms with E-state index in [2.05, 4.69) is 24.9 Å². The number of rotatable bonds is 3. The highest BCUT2D eigenvalue weighted by molar-refractivity contribution is 7.80. The van der Waals surface area contributed by atoms with Crippen molar-refractivity contribution in [1.29, 1.82) is 0 Å². The molecule has 0 aromatic rings. The lowest BCUT2D eigenvalue weighted by Crippen LogP contribution is -2.49. The number of carbonyl (C=O) groups is 2. The SMILES string of the molecule is CC1CCC2(CC1)NC(=O)N(CC=CCS)C2=O. The van der Waals surface area contributed by atoms with Crippen LogP contribution in [0.1, 0.15) is 32.6 Å². The number of hydrogen-bond acceptors (Lipinski definition) is 3. The molecule has 0 bridgehead atoms. The van der Waals surface area contributed by atoms with Crippen LogP contribution in [0.25, 0.3) is 0 Å². The molecule has 2 rings (SSSR count). The third-order valence-electron chi connectivity index (χ3n) is 3.93. The second kappa shape index (κ2) is 5.34. The van der Waals surface area contributed by atoms with Crippen molar-refractivity contribution in [2.45, 2.75) is 38.1 Å². The highest BCUT2D eigenvalue weighted by Crippen LogP contribution is 2.36. The van der Waals surface area contributed by atoms with Gasteiger partial charge >= 0.3 is 6.03 Å². The van der Waals surface area contributed by atoms with Crippen LogP contribution in [0, 0.1) is 5.92 Å². The maximum absolute atomic E-state index is 12.4. The summed E-state index contributed by atoms with van der Waals surface area (Å²) < 4.78 is 0. The molecular formula is C13H20N2O2S. The smallest absolute Gasteiger partial charge is 0.323 e. The van der Waals surface area contributed by atoms with Crippen LogP contribution < -0.4 is 5.32 Å². The third kappa shape index (κ3) is 2.41. The van der Waals surface area contributed by atoms with Gasteiger partial charge in [-0.25, -0.2) is 4.79 Å². The summed E-state index contributed by atoms with van der Waals surface area (Å²) in [5, 5.41) is 2.90. The maximum atomic E-state index is 12.4. The van der Waals surface area contributed by atoms with E-state index in [9.17, 15) is 9.59 Å². The Bertz CT molecular complexity index is 373. The number of nitrogens with zero attached hydrogens (tertiary/aromatic N) is 1. The van der Waals surface area contributed by atoms with Gasteiger partial charge in [-0.2, -0.15) is 12.6 Å². The minimum atomic E-state index is -0.613. The summed E-state index contributed by atoms with van der Waals surface area (Å²) in [4.78, 5) is 25.6. The Morgan fingerprint density at radius 1 is 1.39 bits per heavy atom. The number of carbonyl (C=O) groups excluding carboxylic acids is 2. The Hall–Kier alpha value is -0.970. The van der Waals surface area contributed by atoms with Crippen molar-refractivity contribution in [2.24, 2.45) is 5.92 Å². The van der Waals surface area contributed by atoms with Crippen LogP contribution in [0.2, 0.25) is 0 Å². The first kappa shape index (κ1) is 13.5. The van der Waals surface area contributed by atoms with Crippen molar-refractivity contribution in [3.8, 4) is 0 Å². The summed E-state index contributed by atoms with van der Waals surface area (Å²) in [5.41, 5.74) is -0.613. The number of thiol groups is 1. The van der Waals surface area contributed by atoms with E-state index in [-0.39, 0.29) is 11.9 Å². The van der Waals surface area contributed by atoms with Gasteiger partial charge < -0.3 is 5.32 Å². The molecule has 0 aromatic carbocycles. The minimum absolute atomic E-state index is 0.0526. The molecule has 3 amide bonds. The number of amides is 3. The molecule has 0 aromatic heterocycles. The van der Waals surface area contributed by atoms with Crippen molar-refractivity contribution in [2.75, 3.05) is 12.3 Å². The Morgan fingerprint density at radius 2 is 2.06 bits per heavy atom. The van der Waals surface area contributed by atoms with E-state index in [0.29, 0.717) is 18.2 Å². The van der Waals surface area contributed by atoms with Gasteiger partial charge in [-0.15, -0.1) is 0 Å². The summed E-state index contributed by atoms with van der Waals surface area (Å²) >= 11 is 4.06. The Labute approximate surface area is 113 Å². The molecule has 18 heavy (non-hydrogen) atoms. The predicted octanol–water partition coefficient (Wildman–Crippen LogP) is 1.97. The van der Waals surface area contributed by atoms with Crippen LogP contribution in [0.5, 0.6) is 0 Å². The Morgan fingerprint density at radius 3 is 2.67 bits per heavy atom. The molecule has 1 saturated heterocycles. The van der Waals surface area contributed by atoms with Gasteiger partial charge in [0.25, 0.3) is 5.91 Å². The lowest BCUT2D eigenvalue weighted by atomic mass is 9.77. The zero-order chi connectivity index (χ0) is 13.2. The van der Waals surface area contributed by atoms with Gasteiger partial charge in [0.1, 0.15) is 5.54 Å². The van der Waals surface area contributed by atoms with E-state index in [1.807, 2.05) is 12.2 Å². The fourth-order valence-electron chi connectivity index (χ4n) is 2.69. The average molecular weight is 268 g/mol. The summed E-state index contributed by atoms with van der Waals surface area (Å²) in [6, 6.07) is -0.252. The van der Waals surface area contributed by atoms with Gasteiger partial charge in [-0.3, -0.25) is 9.69 Å². The van der Waals surface area contributed by atoms with Crippen LogP contribution in [0.4, 0.5) is 4.79 Å². The summed E-state index contributed by atoms with van der Waals surface area (Å²) in [7, 11) is 0. The fourth-order valence-corrected chi connectivity index (χ4v) is 2.84. The Kier molecular flexibility index (Phi) is 4.00. The molecule has 0 unspecified atom stereocenters. The van der Waals surface area contributed by atoms with E-state index in [1.165, 1.54) is 4.90 Å². The quantitative estimate of drug-likeness (QED) is 0.467. The largest absolute Gasteiger partial charge is 0.325 e. The van der Waals surface area contributed by atoms with Crippen LogP contribution in [-0.2, 0) is 4.79 Å². The number of nitrogens with one attached hydrogen (secondary N) is 1. The van der Waals surface area contributed by atoms with Gasteiger partial charge in [0.05, 0.1) is 0 Å². The highest BCUT2D eigenvalue weighted by Gasteiger charge is 2.51. The standard InChI is InChI=1S/C13H20N2O2S/c1-10-4-6-13(7-5-10)11(16)15(12(17)14-13)8-2-3-9-18/h2-3,10,18H,4-9H2,1H3,(H,14,17). The monoisotopic (exact) mass is 268 g/mol. The summed E-state index contributed by atoms with van der Waals surface area (Å²) in [6.45, 7) is 2.55. The molecule has 1 aliphatic carbocycles. The molecule has 0 radical (unpaired) electrons. The molecule has 1 aliphatic heterocycles. The normalized spacial score (nSPS) is 32.6. The minimum Gasteiger partial charge on any atom is -0.323 e. The van der Waals surface area contributed by atoms with Crippen molar-refractivity contribution in [1.82, 2.24) is 10.2 Å². The van der Waals surface area contributed by atoms with E-state index in [1.54, 1.807) is 0 Å². The lowest BCUT2D eigenvalue weighted by Gasteiger charge is -2.33. The van der Waals surface area contributed by atoms with Crippen molar-refractivity contribution >= 4 is 24.6 Å². The number of urea groups is 1. The zero-order valence-electron chi connectivity index (χ0n) is 10.7. The van der Waals surface area contributed by atoms with Gasteiger partial charge in [-0.1, -0.05) is 19.1 Å². The van der Waals surface area contributed by atoms with E-state index < -0.39 is 5.54 Å². The van der Waals surface area contributed by atoms with E-state index in [4.69, 9.17) is 0 Å². The molecule has 4 nitrogen and oxygen atoms in total. The van der Waals surface area contributed by atoms with Gasteiger partial charge in [0.15, 0.2) is 0 Å². The first-order chi connectivity index (χ1) is 8.59. The predicted molar refractivity (Wildman–Crippen MR) is 73.6 cm³/mol. The first-order valence-electron chi connectivity index (χ1n) is 6.49. The molecule has 100 valence electrons. The molecule has 1 N–H and O–H groups in total. The third-order valence-corrected chi connectivity index (χ3v) is 4.14. The molecule has 1 spiro atoms. The Balaban J connectivity index is 2.06. The molecule has 2 fully saturated rings. The first-order valence-corrected chi connectivity index (χ1v) is 7.12. The van der Waals surface area contributed by atoms with Crippen LogP contribution in [0.15, 0.2) is 12.2 Å².